The van der Waals surface area contributed by atoms with Crippen molar-refractivity contribution in [2.24, 2.45) is 0 Å². The van der Waals surface area contributed by atoms with Crippen LogP contribution in [0.25, 0.3) is 11.0 Å². The van der Waals surface area contributed by atoms with Gasteiger partial charge in [-0.05, 0) is 22.4 Å². The summed E-state index contributed by atoms with van der Waals surface area (Å²) in [4.78, 5) is 12.9. The number of benzene rings is 1. The molecule has 2 heterocycles. The number of cyclic esters (lactones) is 1. The first-order valence-corrected chi connectivity index (χ1v) is 9.42. The Hall–Kier alpha value is -2.35. The molecular formula is C15H14ClN3O6S. The molecule has 0 saturated carbocycles. The van der Waals surface area contributed by atoms with Crippen LogP contribution in [0.15, 0.2) is 21.7 Å². The summed E-state index contributed by atoms with van der Waals surface area (Å²) in [5.74, 6) is 5.67. The van der Waals surface area contributed by atoms with Gasteiger partial charge in [0.05, 0.1) is 18.1 Å². The lowest BCUT2D eigenvalue weighted by atomic mass is 10.3. The largest absolute Gasteiger partial charge is 0.442 e. The minimum Gasteiger partial charge on any atom is -0.442 e. The van der Waals surface area contributed by atoms with Crippen LogP contribution in [0, 0.1) is 11.8 Å². The van der Waals surface area contributed by atoms with Gasteiger partial charge in [-0.25, -0.2) is 9.42 Å². The second-order valence-electron chi connectivity index (χ2n) is 5.34. The molecule has 0 bridgehead atoms. The topological polar surface area (TPSA) is 112 Å². The monoisotopic (exact) mass is 399 g/mol. The van der Waals surface area contributed by atoms with Gasteiger partial charge in [0.25, 0.3) is 10.1 Å². The van der Waals surface area contributed by atoms with Crippen molar-refractivity contribution in [3.05, 3.63) is 17.2 Å². The van der Waals surface area contributed by atoms with E-state index < -0.39 is 22.3 Å². The number of hydrogen-bond acceptors (Lipinski definition) is 8. The fourth-order valence-electron chi connectivity index (χ4n) is 2.31. The molecule has 3 rings (SSSR count). The number of fused-ring (bicyclic) bond motifs is 1. The van der Waals surface area contributed by atoms with Crippen molar-refractivity contribution >= 4 is 38.8 Å². The zero-order valence-corrected chi connectivity index (χ0v) is 15.2. The first kappa shape index (κ1) is 18.4. The minimum absolute atomic E-state index is 0.0302. The summed E-state index contributed by atoms with van der Waals surface area (Å²) in [6.45, 7) is 1.97. The summed E-state index contributed by atoms with van der Waals surface area (Å²) in [7, 11) is -4.18. The van der Waals surface area contributed by atoms with Crippen LogP contribution >= 0.6 is 11.6 Å². The fourth-order valence-corrected chi connectivity index (χ4v) is 3.56. The van der Waals surface area contributed by atoms with E-state index in [1.165, 1.54) is 17.0 Å². The normalized spacial score (nSPS) is 17.2. The first-order valence-electron chi connectivity index (χ1n) is 7.64. The lowest BCUT2D eigenvalue weighted by molar-refractivity contribution is 0.105. The average Bonchev–Trinajstić information content (AvgIpc) is 3.21. The van der Waals surface area contributed by atoms with Crippen molar-refractivity contribution in [2.45, 2.75) is 24.3 Å². The Balaban J connectivity index is 1.68. The Kier molecular flexibility index (Phi) is 5.31. The van der Waals surface area contributed by atoms with E-state index in [0.717, 1.165) is 0 Å². The van der Waals surface area contributed by atoms with Gasteiger partial charge in [0.1, 0.15) is 17.6 Å². The molecule has 0 aliphatic carbocycles. The van der Waals surface area contributed by atoms with Crippen LogP contribution in [0.5, 0.6) is 0 Å². The van der Waals surface area contributed by atoms with Crippen LogP contribution in [-0.2, 0) is 19.0 Å². The highest BCUT2D eigenvalue weighted by Crippen LogP contribution is 2.28. The van der Waals surface area contributed by atoms with Crippen molar-refractivity contribution in [1.82, 2.24) is 15.2 Å². The zero-order chi connectivity index (χ0) is 18.7. The standard InChI is InChI=1S/C15H14ClN3O6S/c1-2-3-4-7-19-8-10(24-15(19)20)9-23-26(21,22)12-6-5-11(16)13-14(12)18-25-17-13/h5-6,10H,2,7-9H2,1H3. The van der Waals surface area contributed by atoms with Gasteiger partial charge in [-0.15, -0.1) is 5.92 Å². The van der Waals surface area contributed by atoms with E-state index >= 15 is 0 Å². The van der Waals surface area contributed by atoms with Gasteiger partial charge in [-0.2, -0.15) is 8.42 Å². The van der Waals surface area contributed by atoms with Crippen molar-refractivity contribution in [3.63, 3.8) is 0 Å². The molecule has 1 aromatic heterocycles. The molecule has 0 radical (unpaired) electrons. The van der Waals surface area contributed by atoms with Crippen molar-refractivity contribution < 1.29 is 26.8 Å². The van der Waals surface area contributed by atoms with Gasteiger partial charge < -0.3 is 4.74 Å². The molecule has 1 unspecified atom stereocenters. The molecule has 1 atom stereocenters. The minimum atomic E-state index is -4.18. The van der Waals surface area contributed by atoms with Crippen LogP contribution in [0.3, 0.4) is 0 Å². The van der Waals surface area contributed by atoms with Gasteiger partial charge in [-0.1, -0.05) is 24.4 Å². The van der Waals surface area contributed by atoms with Crippen molar-refractivity contribution in [2.75, 3.05) is 19.7 Å². The third-order valence-electron chi connectivity index (χ3n) is 3.53. The Morgan fingerprint density at radius 2 is 2.12 bits per heavy atom. The zero-order valence-electron chi connectivity index (χ0n) is 13.6. The molecule has 1 aliphatic heterocycles. The predicted octanol–water partition coefficient (Wildman–Crippen LogP) is 1.82. The van der Waals surface area contributed by atoms with Gasteiger partial charge in [0.2, 0.25) is 0 Å². The molecule has 0 spiro atoms. The number of rotatable bonds is 5. The van der Waals surface area contributed by atoms with E-state index in [-0.39, 0.29) is 40.6 Å². The summed E-state index contributed by atoms with van der Waals surface area (Å²) in [5, 5.41) is 7.31. The molecule has 1 amide bonds. The SMILES string of the molecule is CCC#CCN1CC(COS(=O)(=O)c2ccc(Cl)c3nonc23)OC1=O. The molecule has 2 aromatic rings. The first-order chi connectivity index (χ1) is 12.4. The van der Waals surface area contributed by atoms with E-state index in [0.29, 0.717) is 6.42 Å². The number of carbonyl (C=O) groups is 1. The molecule has 11 heteroatoms. The molecule has 9 nitrogen and oxygen atoms in total. The Morgan fingerprint density at radius 3 is 2.88 bits per heavy atom. The Bertz CT molecular complexity index is 994. The highest BCUT2D eigenvalue weighted by molar-refractivity contribution is 7.87. The quantitative estimate of drug-likeness (QED) is 0.552. The molecule has 0 N–H and O–H groups in total. The molecule has 26 heavy (non-hydrogen) atoms. The van der Waals surface area contributed by atoms with Gasteiger partial charge in [0.15, 0.2) is 11.0 Å². The van der Waals surface area contributed by atoms with Gasteiger partial charge in [-0.3, -0.25) is 9.08 Å². The molecule has 1 fully saturated rings. The Labute approximate surface area is 154 Å². The van der Waals surface area contributed by atoms with Crippen LogP contribution in [0.4, 0.5) is 4.79 Å². The van der Waals surface area contributed by atoms with Gasteiger partial charge >= 0.3 is 6.09 Å². The highest BCUT2D eigenvalue weighted by atomic mass is 35.5. The fraction of sp³-hybridized carbons (Fsp3) is 0.400. The second-order valence-corrected chi connectivity index (χ2v) is 7.33. The summed E-state index contributed by atoms with van der Waals surface area (Å²) in [6.07, 6.45) is -0.602. The number of nitrogens with zero attached hydrogens (tertiary/aromatic N) is 3. The van der Waals surface area contributed by atoms with Crippen LogP contribution < -0.4 is 0 Å². The van der Waals surface area contributed by atoms with Gasteiger partial charge in [0, 0.05) is 6.42 Å². The molecule has 1 aromatic carbocycles. The van der Waals surface area contributed by atoms with E-state index in [1.807, 2.05) is 6.92 Å². The van der Waals surface area contributed by atoms with E-state index in [4.69, 9.17) is 20.5 Å². The lowest BCUT2D eigenvalue weighted by Crippen LogP contribution is -2.27. The lowest BCUT2D eigenvalue weighted by Gasteiger charge is -2.10. The van der Waals surface area contributed by atoms with Crippen molar-refractivity contribution in [1.29, 1.82) is 0 Å². The molecule has 138 valence electrons. The highest BCUT2D eigenvalue weighted by Gasteiger charge is 2.33. The molecular weight excluding hydrogens is 386 g/mol. The molecule has 1 aliphatic rings. The Morgan fingerprint density at radius 1 is 1.35 bits per heavy atom. The van der Waals surface area contributed by atoms with Crippen LogP contribution in [-0.4, -0.2) is 55.5 Å². The molecule has 1 saturated heterocycles. The van der Waals surface area contributed by atoms with E-state index in [9.17, 15) is 13.2 Å². The number of amides is 1. The maximum absolute atomic E-state index is 12.4. The number of hydrogen-bond donors (Lipinski definition) is 0. The third kappa shape index (κ3) is 3.75. The number of ether oxygens (including phenoxy) is 1. The maximum atomic E-state index is 12.4. The van der Waals surface area contributed by atoms with Crippen LogP contribution in [0.2, 0.25) is 5.02 Å². The smallest absolute Gasteiger partial charge is 0.411 e. The summed E-state index contributed by atoms with van der Waals surface area (Å²) >= 11 is 5.91. The summed E-state index contributed by atoms with van der Waals surface area (Å²) < 4.78 is 39.5. The second kappa shape index (κ2) is 7.49. The summed E-state index contributed by atoms with van der Waals surface area (Å²) in [6, 6.07) is 2.60. The number of aromatic nitrogens is 2. The van der Waals surface area contributed by atoms with Crippen LogP contribution in [0.1, 0.15) is 13.3 Å². The number of carbonyl (C=O) groups excluding carboxylic acids is 1. The summed E-state index contributed by atoms with van der Waals surface area (Å²) in [5.41, 5.74) is 0.0849. The maximum Gasteiger partial charge on any atom is 0.411 e. The van der Waals surface area contributed by atoms with E-state index in [2.05, 4.69) is 26.8 Å². The number of halogens is 1. The third-order valence-corrected chi connectivity index (χ3v) is 5.15. The predicted molar refractivity (Wildman–Crippen MR) is 89.9 cm³/mol. The van der Waals surface area contributed by atoms with E-state index in [1.54, 1.807) is 0 Å². The average molecular weight is 400 g/mol. The van der Waals surface area contributed by atoms with Crippen molar-refractivity contribution in [3.8, 4) is 11.8 Å².